The second kappa shape index (κ2) is 6.61. The summed E-state index contributed by atoms with van der Waals surface area (Å²) in [5.41, 5.74) is 2.87. The Hall–Kier alpha value is -1.08. The Balaban J connectivity index is 2.41. The molecule has 0 fully saturated rings. The summed E-state index contributed by atoms with van der Waals surface area (Å²) in [5, 5.41) is 0. The van der Waals surface area contributed by atoms with Crippen molar-refractivity contribution < 1.29 is 4.74 Å². The van der Waals surface area contributed by atoms with Gasteiger partial charge in [-0.1, -0.05) is 55.8 Å². The van der Waals surface area contributed by atoms with Gasteiger partial charge in [0.1, 0.15) is 0 Å². The molecule has 0 spiro atoms. The van der Waals surface area contributed by atoms with Crippen LogP contribution in [0.15, 0.2) is 30.3 Å². The molecule has 1 rings (SSSR count). The van der Waals surface area contributed by atoms with Gasteiger partial charge in [0.2, 0.25) is 0 Å². The molecule has 0 saturated heterocycles. The van der Waals surface area contributed by atoms with Crippen molar-refractivity contribution in [3.05, 3.63) is 41.5 Å². The van der Waals surface area contributed by atoms with E-state index in [1.165, 1.54) is 11.1 Å². The molecule has 1 aromatic carbocycles. The van der Waals surface area contributed by atoms with E-state index in [2.05, 4.69) is 57.2 Å². The normalized spacial score (nSPS) is 12.2. The predicted molar refractivity (Wildman–Crippen MR) is 75.1 cm³/mol. The van der Waals surface area contributed by atoms with Crippen LogP contribution in [0.1, 0.15) is 37.8 Å². The van der Waals surface area contributed by atoms with Crippen LogP contribution in [0.3, 0.4) is 0 Å². The SMILES string of the molecule is COCC(C)(C)CC/C=C/c1cccc(C)c1. The second-order valence-corrected chi connectivity index (χ2v) is 5.45. The number of rotatable bonds is 6. The quantitative estimate of drug-likeness (QED) is 0.703. The second-order valence-electron chi connectivity index (χ2n) is 5.45. The first kappa shape index (κ1) is 14.0. The Morgan fingerprint density at radius 3 is 2.71 bits per heavy atom. The van der Waals surface area contributed by atoms with E-state index >= 15 is 0 Å². The predicted octanol–water partition coefficient (Wildman–Crippen LogP) is 4.46. The van der Waals surface area contributed by atoms with Gasteiger partial charge in [-0.05, 0) is 30.7 Å². The molecule has 0 unspecified atom stereocenters. The summed E-state index contributed by atoms with van der Waals surface area (Å²) in [6.45, 7) is 7.44. The maximum absolute atomic E-state index is 5.21. The third kappa shape index (κ3) is 5.69. The number of ether oxygens (including phenoxy) is 1. The third-order valence-electron chi connectivity index (χ3n) is 2.88. The molecular formula is C16H24O. The number of aryl methyl sites for hydroxylation is 1. The van der Waals surface area contributed by atoms with Crippen LogP contribution in [-0.4, -0.2) is 13.7 Å². The van der Waals surface area contributed by atoms with Crippen molar-refractivity contribution in [2.45, 2.75) is 33.6 Å². The molecule has 0 N–H and O–H groups in total. The Labute approximate surface area is 106 Å². The molecule has 0 amide bonds. The summed E-state index contributed by atoms with van der Waals surface area (Å²) in [6, 6.07) is 8.57. The van der Waals surface area contributed by atoms with Crippen LogP contribution >= 0.6 is 0 Å². The monoisotopic (exact) mass is 232 g/mol. The van der Waals surface area contributed by atoms with Crippen LogP contribution in [0.2, 0.25) is 0 Å². The lowest BCUT2D eigenvalue weighted by atomic mass is 9.89. The molecule has 17 heavy (non-hydrogen) atoms. The molecule has 0 aromatic heterocycles. The van der Waals surface area contributed by atoms with E-state index in [9.17, 15) is 0 Å². The van der Waals surface area contributed by atoms with Gasteiger partial charge in [0, 0.05) is 7.11 Å². The van der Waals surface area contributed by atoms with Gasteiger partial charge in [-0.15, -0.1) is 0 Å². The van der Waals surface area contributed by atoms with Crippen molar-refractivity contribution in [1.29, 1.82) is 0 Å². The summed E-state index contributed by atoms with van der Waals surface area (Å²) >= 11 is 0. The van der Waals surface area contributed by atoms with Gasteiger partial charge in [0.25, 0.3) is 0 Å². The van der Waals surface area contributed by atoms with E-state index in [1.807, 2.05) is 0 Å². The molecule has 1 nitrogen and oxygen atoms in total. The molecule has 0 heterocycles. The molecule has 94 valence electrons. The minimum Gasteiger partial charge on any atom is -0.384 e. The van der Waals surface area contributed by atoms with Crippen LogP contribution in [0, 0.1) is 12.3 Å². The highest BCUT2D eigenvalue weighted by Crippen LogP contribution is 2.22. The van der Waals surface area contributed by atoms with Crippen LogP contribution in [0.4, 0.5) is 0 Å². The summed E-state index contributed by atoms with van der Waals surface area (Å²) < 4.78 is 5.21. The first-order valence-corrected chi connectivity index (χ1v) is 6.26. The molecule has 0 saturated carbocycles. The minimum atomic E-state index is 0.270. The summed E-state index contributed by atoms with van der Waals surface area (Å²) in [4.78, 5) is 0. The van der Waals surface area contributed by atoms with Gasteiger partial charge in [-0.3, -0.25) is 0 Å². The fourth-order valence-electron chi connectivity index (χ4n) is 1.93. The zero-order valence-corrected chi connectivity index (χ0v) is 11.5. The number of allylic oxidation sites excluding steroid dienone is 1. The standard InChI is InChI=1S/C16H24O/c1-14-8-7-10-15(12-14)9-5-6-11-16(2,3)13-17-4/h5,7-10,12H,6,11,13H2,1-4H3/b9-5+. The lowest BCUT2D eigenvalue weighted by Gasteiger charge is -2.22. The third-order valence-corrected chi connectivity index (χ3v) is 2.88. The van der Waals surface area contributed by atoms with Crippen molar-refractivity contribution in [3.8, 4) is 0 Å². The van der Waals surface area contributed by atoms with Crippen LogP contribution in [0.25, 0.3) is 6.08 Å². The number of hydrogen-bond acceptors (Lipinski definition) is 1. The molecule has 0 atom stereocenters. The first-order chi connectivity index (χ1) is 8.03. The Morgan fingerprint density at radius 1 is 1.29 bits per heavy atom. The molecule has 0 aliphatic rings. The van der Waals surface area contributed by atoms with Gasteiger partial charge < -0.3 is 4.74 Å². The molecule has 0 bridgehead atoms. The lowest BCUT2D eigenvalue weighted by molar-refractivity contribution is 0.0990. The van der Waals surface area contributed by atoms with Crippen molar-refractivity contribution in [2.75, 3.05) is 13.7 Å². The van der Waals surface area contributed by atoms with Crippen molar-refractivity contribution >= 4 is 6.08 Å². The zero-order valence-electron chi connectivity index (χ0n) is 11.5. The highest BCUT2D eigenvalue weighted by atomic mass is 16.5. The van der Waals surface area contributed by atoms with Gasteiger partial charge in [-0.25, -0.2) is 0 Å². The van der Waals surface area contributed by atoms with E-state index in [1.54, 1.807) is 7.11 Å². The van der Waals surface area contributed by atoms with Crippen molar-refractivity contribution in [3.63, 3.8) is 0 Å². The average molecular weight is 232 g/mol. The molecule has 0 aliphatic heterocycles. The maximum Gasteiger partial charge on any atom is 0.0513 e. The lowest BCUT2D eigenvalue weighted by Crippen LogP contribution is -2.17. The van der Waals surface area contributed by atoms with E-state index in [4.69, 9.17) is 4.74 Å². The van der Waals surface area contributed by atoms with Crippen molar-refractivity contribution in [1.82, 2.24) is 0 Å². The average Bonchev–Trinajstić information content (AvgIpc) is 2.24. The zero-order chi connectivity index (χ0) is 12.7. The van der Waals surface area contributed by atoms with Crippen molar-refractivity contribution in [2.24, 2.45) is 5.41 Å². The Kier molecular flexibility index (Phi) is 5.43. The summed E-state index contributed by atoms with van der Waals surface area (Å²) in [6.07, 6.45) is 6.72. The number of hydrogen-bond donors (Lipinski definition) is 0. The molecule has 1 aromatic rings. The van der Waals surface area contributed by atoms with Gasteiger partial charge >= 0.3 is 0 Å². The summed E-state index contributed by atoms with van der Waals surface area (Å²) in [7, 11) is 1.77. The largest absolute Gasteiger partial charge is 0.384 e. The Morgan fingerprint density at radius 2 is 2.06 bits per heavy atom. The molecular weight excluding hydrogens is 208 g/mol. The van der Waals surface area contributed by atoms with E-state index in [0.717, 1.165) is 19.4 Å². The van der Waals surface area contributed by atoms with Crippen LogP contribution in [-0.2, 0) is 4.74 Å². The topological polar surface area (TPSA) is 9.23 Å². The first-order valence-electron chi connectivity index (χ1n) is 6.26. The van der Waals surface area contributed by atoms with Gasteiger partial charge in [-0.2, -0.15) is 0 Å². The summed E-state index contributed by atoms with van der Waals surface area (Å²) in [5.74, 6) is 0. The smallest absolute Gasteiger partial charge is 0.0513 e. The Bertz CT molecular complexity index is 364. The maximum atomic E-state index is 5.21. The van der Waals surface area contributed by atoms with Crippen LogP contribution in [0.5, 0.6) is 0 Å². The molecule has 1 heteroatoms. The highest BCUT2D eigenvalue weighted by Gasteiger charge is 2.15. The highest BCUT2D eigenvalue weighted by molar-refractivity contribution is 5.49. The number of methoxy groups -OCH3 is 1. The van der Waals surface area contributed by atoms with E-state index in [-0.39, 0.29) is 5.41 Å². The van der Waals surface area contributed by atoms with Crippen LogP contribution < -0.4 is 0 Å². The molecule has 0 aliphatic carbocycles. The van der Waals surface area contributed by atoms with E-state index < -0.39 is 0 Å². The number of benzene rings is 1. The van der Waals surface area contributed by atoms with E-state index in [0.29, 0.717) is 0 Å². The fraction of sp³-hybridized carbons (Fsp3) is 0.500. The fourth-order valence-corrected chi connectivity index (χ4v) is 1.93. The van der Waals surface area contributed by atoms with Gasteiger partial charge in [0.05, 0.1) is 6.61 Å². The van der Waals surface area contributed by atoms with Gasteiger partial charge in [0.15, 0.2) is 0 Å². The molecule has 0 radical (unpaired) electrons. The minimum absolute atomic E-state index is 0.270.